The Bertz CT molecular complexity index is 262. The Morgan fingerprint density at radius 1 is 1.38 bits per heavy atom. The largest absolute Gasteiger partial charge is 0.370 e. The second kappa shape index (κ2) is 5.84. The molecule has 2 amide bonds. The molecule has 1 aliphatic carbocycles. The Kier molecular flexibility index (Phi) is 4.73. The van der Waals surface area contributed by atoms with Crippen LogP contribution in [0.3, 0.4) is 0 Å². The summed E-state index contributed by atoms with van der Waals surface area (Å²) in [5.74, 6) is -0.279. The van der Waals surface area contributed by atoms with E-state index in [0.29, 0.717) is 5.92 Å². The Morgan fingerprint density at radius 2 is 1.94 bits per heavy atom. The standard InChI is InChI=1S/C11H21N3O2/c1-7(8-4-2-3-5-8)14-11(16)9(12)6-10(13)15/h7-9H,2-6,12H2,1H3,(H2,13,15)(H,14,16)/t7-,9?/m1/s1. The van der Waals surface area contributed by atoms with Crippen molar-refractivity contribution in [3.63, 3.8) is 0 Å². The first-order valence-electron chi connectivity index (χ1n) is 5.85. The van der Waals surface area contributed by atoms with Crippen LogP contribution in [0, 0.1) is 5.92 Å². The summed E-state index contributed by atoms with van der Waals surface area (Å²) in [7, 11) is 0. The molecule has 92 valence electrons. The smallest absolute Gasteiger partial charge is 0.237 e. The molecule has 1 saturated carbocycles. The first kappa shape index (κ1) is 13.0. The number of primary amides is 1. The van der Waals surface area contributed by atoms with Crippen LogP contribution >= 0.6 is 0 Å². The topological polar surface area (TPSA) is 98.2 Å². The average Bonchev–Trinajstić information content (AvgIpc) is 2.68. The fraction of sp³-hybridized carbons (Fsp3) is 0.818. The van der Waals surface area contributed by atoms with Gasteiger partial charge in [0.2, 0.25) is 11.8 Å². The zero-order valence-electron chi connectivity index (χ0n) is 9.74. The van der Waals surface area contributed by atoms with Crippen molar-refractivity contribution in [1.29, 1.82) is 0 Å². The molecule has 0 aromatic heterocycles. The van der Waals surface area contributed by atoms with Crippen molar-refractivity contribution in [1.82, 2.24) is 5.32 Å². The van der Waals surface area contributed by atoms with Crippen molar-refractivity contribution in [2.24, 2.45) is 17.4 Å². The summed E-state index contributed by atoms with van der Waals surface area (Å²) in [5.41, 5.74) is 10.5. The fourth-order valence-corrected chi connectivity index (χ4v) is 2.22. The number of amides is 2. The summed E-state index contributed by atoms with van der Waals surface area (Å²) >= 11 is 0. The zero-order chi connectivity index (χ0) is 12.1. The highest BCUT2D eigenvalue weighted by atomic mass is 16.2. The highest BCUT2D eigenvalue weighted by Gasteiger charge is 2.25. The van der Waals surface area contributed by atoms with Crippen LogP contribution in [-0.4, -0.2) is 23.9 Å². The van der Waals surface area contributed by atoms with Crippen LogP contribution < -0.4 is 16.8 Å². The number of rotatable bonds is 5. The molecule has 0 heterocycles. The Balaban J connectivity index is 2.34. The van der Waals surface area contributed by atoms with E-state index < -0.39 is 11.9 Å². The number of nitrogens with two attached hydrogens (primary N) is 2. The van der Waals surface area contributed by atoms with Crippen molar-refractivity contribution in [2.75, 3.05) is 0 Å². The molecule has 2 atom stereocenters. The minimum atomic E-state index is -0.818. The summed E-state index contributed by atoms with van der Waals surface area (Å²) in [6, 6.07) is -0.685. The predicted octanol–water partition coefficient (Wildman–Crippen LogP) is -0.116. The molecule has 5 heteroatoms. The monoisotopic (exact) mass is 227 g/mol. The van der Waals surface area contributed by atoms with E-state index in [-0.39, 0.29) is 18.4 Å². The molecule has 5 nitrogen and oxygen atoms in total. The van der Waals surface area contributed by atoms with E-state index in [1.807, 2.05) is 6.92 Å². The molecule has 0 spiro atoms. The maximum absolute atomic E-state index is 11.6. The third-order valence-corrected chi connectivity index (χ3v) is 3.23. The lowest BCUT2D eigenvalue weighted by molar-refractivity contribution is -0.127. The molecule has 0 radical (unpaired) electrons. The highest BCUT2D eigenvalue weighted by molar-refractivity contribution is 5.87. The molecule has 0 bridgehead atoms. The second-order valence-corrected chi connectivity index (χ2v) is 4.62. The molecule has 16 heavy (non-hydrogen) atoms. The van der Waals surface area contributed by atoms with E-state index in [0.717, 1.165) is 12.8 Å². The van der Waals surface area contributed by atoms with Crippen LogP contribution in [0.2, 0.25) is 0 Å². The van der Waals surface area contributed by atoms with Crippen molar-refractivity contribution in [3.8, 4) is 0 Å². The summed E-state index contributed by atoms with van der Waals surface area (Å²) in [6.07, 6.45) is 4.69. The highest BCUT2D eigenvalue weighted by Crippen LogP contribution is 2.27. The molecular formula is C11H21N3O2. The van der Waals surface area contributed by atoms with E-state index in [1.54, 1.807) is 0 Å². The molecule has 0 aromatic carbocycles. The van der Waals surface area contributed by atoms with Gasteiger partial charge in [-0.25, -0.2) is 0 Å². The molecule has 1 fully saturated rings. The Morgan fingerprint density at radius 3 is 2.44 bits per heavy atom. The minimum Gasteiger partial charge on any atom is -0.370 e. The third kappa shape index (κ3) is 3.81. The van der Waals surface area contributed by atoms with Gasteiger partial charge in [-0.15, -0.1) is 0 Å². The van der Waals surface area contributed by atoms with E-state index in [2.05, 4.69) is 5.32 Å². The number of nitrogens with one attached hydrogen (secondary N) is 1. The number of carbonyl (C=O) groups is 2. The maximum Gasteiger partial charge on any atom is 0.237 e. The van der Waals surface area contributed by atoms with Crippen molar-refractivity contribution in [3.05, 3.63) is 0 Å². The maximum atomic E-state index is 11.6. The lowest BCUT2D eigenvalue weighted by Gasteiger charge is -2.22. The molecule has 1 aliphatic rings. The molecule has 1 unspecified atom stereocenters. The van der Waals surface area contributed by atoms with Gasteiger partial charge in [0.15, 0.2) is 0 Å². The lowest BCUT2D eigenvalue weighted by Crippen LogP contribution is -2.47. The van der Waals surface area contributed by atoms with Crippen LogP contribution in [0.4, 0.5) is 0 Å². The average molecular weight is 227 g/mol. The van der Waals surface area contributed by atoms with E-state index >= 15 is 0 Å². The molecule has 1 rings (SSSR count). The lowest BCUT2D eigenvalue weighted by atomic mass is 9.99. The molecule has 0 aromatic rings. The summed E-state index contributed by atoms with van der Waals surface area (Å²) in [5, 5.41) is 2.86. The molecule has 5 N–H and O–H groups in total. The number of carbonyl (C=O) groups excluding carboxylic acids is 2. The van der Waals surface area contributed by atoms with Crippen molar-refractivity contribution in [2.45, 2.75) is 51.1 Å². The minimum absolute atomic E-state index is 0.0940. The molecule has 0 aliphatic heterocycles. The van der Waals surface area contributed by atoms with Crippen molar-refractivity contribution < 1.29 is 9.59 Å². The van der Waals surface area contributed by atoms with Gasteiger partial charge in [0.25, 0.3) is 0 Å². The predicted molar refractivity (Wildman–Crippen MR) is 61.3 cm³/mol. The van der Waals surface area contributed by atoms with E-state index in [1.165, 1.54) is 12.8 Å². The Hall–Kier alpha value is -1.10. The van der Waals surface area contributed by atoms with Crippen LogP contribution in [0.25, 0.3) is 0 Å². The van der Waals surface area contributed by atoms with Gasteiger partial charge in [0, 0.05) is 6.04 Å². The van der Waals surface area contributed by atoms with Crippen LogP contribution in [0.15, 0.2) is 0 Å². The second-order valence-electron chi connectivity index (χ2n) is 4.62. The van der Waals surface area contributed by atoms with Crippen molar-refractivity contribution >= 4 is 11.8 Å². The van der Waals surface area contributed by atoms with Gasteiger partial charge in [-0.2, -0.15) is 0 Å². The van der Waals surface area contributed by atoms with E-state index in [9.17, 15) is 9.59 Å². The van der Waals surface area contributed by atoms with Crippen LogP contribution in [0.1, 0.15) is 39.0 Å². The fourth-order valence-electron chi connectivity index (χ4n) is 2.22. The van der Waals surface area contributed by atoms with Gasteiger partial charge in [-0.1, -0.05) is 12.8 Å². The van der Waals surface area contributed by atoms with Gasteiger partial charge >= 0.3 is 0 Å². The van der Waals surface area contributed by atoms with Gasteiger partial charge in [0.1, 0.15) is 0 Å². The first-order chi connectivity index (χ1) is 7.50. The zero-order valence-corrected chi connectivity index (χ0v) is 9.74. The third-order valence-electron chi connectivity index (χ3n) is 3.23. The number of hydrogen-bond acceptors (Lipinski definition) is 3. The van der Waals surface area contributed by atoms with Gasteiger partial charge in [-0.3, -0.25) is 9.59 Å². The molecular weight excluding hydrogens is 206 g/mol. The van der Waals surface area contributed by atoms with Crippen LogP contribution in [-0.2, 0) is 9.59 Å². The van der Waals surface area contributed by atoms with Crippen LogP contribution in [0.5, 0.6) is 0 Å². The van der Waals surface area contributed by atoms with Gasteiger partial charge in [0.05, 0.1) is 12.5 Å². The summed E-state index contributed by atoms with van der Waals surface area (Å²) in [4.78, 5) is 22.2. The number of hydrogen-bond donors (Lipinski definition) is 3. The first-order valence-corrected chi connectivity index (χ1v) is 5.85. The van der Waals surface area contributed by atoms with Gasteiger partial charge in [-0.05, 0) is 25.7 Å². The van der Waals surface area contributed by atoms with E-state index in [4.69, 9.17) is 11.5 Å². The Labute approximate surface area is 95.9 Å². The normalized spacial score (nSPS) is 20.4. The SMILES string of the molecule is C[C@@H](NC(=O)C(N)CC(N)=O)C1CCCC1. The summed E-state index contributed by atoms with van der Waals surface area (Å²) in [6.45, 7) is 1.99. The molecule has 0 saturated heterocycles. The quantitative estimate of drug-likeness (QED) is 0.611. The van der Waals surface area contributed by atoms with Gasteiger partial charge < -0.3 is 16.8 Å². The summed E-state index contributed by atoms with van der Waals surface area (Å²) < 4.78 is 0.